The molecule has 4 N–H and O–H groups in total. The number of fused-ring (bicyclic) bond motifs is 1. The molecule has 82 valence electrons. The van der Waals surface area contributed by atoms with E-state index in [-0.39, 0.29) is 5.41 Å². The monoisotopic (exact) mass is 204 g/mol. The molecule has 0 fully saturated rings. The first-order valence-corrected chi connectivity index (χ1v) is 5.53. The minimum atomic E-state index is 0.178. The molecule has 1 aromatic rings. The number of anilines is 2. The van der Waals surface area contributed by atoms with E-state index in [2.05, 4.69) is 26.8 Å². The van der Waals surface area contributed by atoms with Crippen LogP contribution in [-0.2, 0) is 11.8 Å². The quantitative estimate of drug-likeness (QED) is 0.638. The molecule has 15 heavy (non-hydrogen) atoms. The summed E-state index contributed by atoms with van der Waals surface area (Å²) in [5, 5.41) is 0. The molecule has 1 aliphatic rings. The summed E-state index contributed by atoms with van der Waals surface area (Å²) in [6.07, 6.45) is 1.09. The molecular formula is C13H20N2. The van der Waals surface area contributed by atoms with E-state index in [0.717, 1.165) is 23.4 Å². The van der Waals surface area contributed by atoms with Crippen LogP contribution in [0.15, 0.2) is 6.07 Å². The maximum absolute atomic E-state index is 6.19. The summed E-state index contributed by atoms with van der Waals surface area (Å²) in [5.41, 5.74) is 17.8. The van der Waals surface area contributed by atoms with Gasteiger partial charge in [0.1, 0.15) is 0 Å². The van der Waals surface area contributed by atoms with Crippen molar-refractivity contribution >= 4 is 11.4 Å². The molecule has 1 aliphatic carbocycles. The van der Waals surface area contributed by atoms with E-state index in [0.29, 0.717) is 5.92 Å². The van der Waals surface area contributed by atoms with Crippen LogP contribution in [0.3, 0.4) is 0 Å². The van der Waals surface area contributed by atoms with Gasteiger partial charge < -0.3 is 11.5 Å². The predicted molar refractivity (Wildman–Crippen MR) is 65.9 cm³/mol. The van der Waals surface area contributed by atoms with E-state index in [4.69, 9.17) is 11.5 Å². The first-order valence-electron chi connectivity index (χ1n) is 5.53. The number of nitrogens with two attached hydrogens (primary N) is 2. The van der Waals surface area contributed by atoms with Crippen LogP contribution in [0.25, 0.3) is 0 Å². The Kier molecular flexibility index (Phi) is 2.00. The normalized spacial score (nSPS) is 22.8. The topological polar surface area (TPSA) is 52.0 Å². The lowest BCUT2D eigenvalue weighted by molar-refractivity contribution is 0.380. The first kappa shape index (κ1) is 10.3. The number of hydrogen-bond acceptors (Lipinski definition) is 2. The van der Waals surface area contributed by atoms with Crippen molar-refractivity contribution in [3.8, 4) is 0 Å². The SMILES string of the molecule is Cc1c(N)cc2c(c1N)C(C)(C)C(C)C2. The summed E-state index contributed by atoms with van der Waals surface area (Å²) in [4.78, 5) is 0. The maximum atomic E-state index is 6.19. The summed E-state index contributed by atoms with van der Waals surface area (Å²) in [5.74, 6) is 0.635. The van der Waals surface area contributed by atoms with Crippen molar-refractivity contribution < 1.29 is 0 Å². The van der Waals surface area contributed by atoms with Gasteiger partial charge in [0.15, 0.2) is 0 Å². The molecule has 2 rings (SSSR count). The summed E-state index contributed by atoms with van der Waals surface area (Å²) >= 11 is 0. The average Bonchev–Trinajstić information content (AvgIpc) is 2.34. The smallest absolute Gasteiger partial charge is 0.0405 e. The third-order valence-electron chi connectivity index (χ3n) is 4.16. The molecule has 0 aliphatic heterocycles. The highest BCUT2D eigenvalue weighted by molar-refractivity contribution is 5.70. The number of benzene rings is 1. The van der Waals surface area contributed by atoms with Gasteiger partial charge in [0.05, 0.1) is 0 Å². The third-order valence-corrected chi connectivity index (χ3v) is 4.16. The van der Waals surface area contributed by atoms with Crippen molar-refractivity contribution in [3.05, 3.63) is 22.8 Å². The minimum absolute atomic E-state index is 0.178. The first-order chi connectivity index (χ1) is 6.85. The van der Waals surface area contributed by atoms with Gasteiger partial charge in [0, 0.05) is 11.4 Å². The Hall–Kier alpha value is -1.18. The molecule has 0 saturated carbocycles. The van der Waals surface area contributed by atoms with E-state index in [1.165, 1.54) is 11.1 Å². The van der Waals surface area contributed by atoms with Crippen molar-refractivity contribution in [3.63, 3.8) is 0 Å². The van der Waals surface area contributed by atoms with Crippen LogP contribution < -0.4 is 11.5 Å². The maximum Gasteiger partial charge on any atom is 0.0405 e. The van der Waals surface area contributed by atoms with Gasteiger partial charge in [-0.15, -0.1) is 0 Å². The van der Waals surface area contributed by atoms with Crippen molar-refractivity contribution in [1.29, 1.82) is 0 Å². The van der Waals surface area contributed by atoms with Gasteiger partial charge in [0.2, 0.25) is 0 Å². The highest BCUT2D eigenvalue weighted by Gasteiger charge is 2.38. The molecule has 1 atom stereocenters. The molecule has 2 heteroatoms. The van der Waals surface area contributed by atoms with E-state index in [1.54, 1.807) is 0 Å². The fraction of sp³-hybridized carbons (Fsp3) is 0.538. The zero-order valence-corrected chi connectivity index (χ0v) is 10.0. The van der Waals surface area contributed by atoms with Gasteiger partial charge in [-0.05, 0) is 47.4 Å². The minimum Gasteiger partial charge on any atom is -0.398 e. The van der Waals surface area contributed by atoms with Gasteiger partial charge >= 0.3 is 0 Å². The molecule has 0 amide bonds. The highest BCUT2D eigenvalue weighted by atomic mass is 14.7. The van der Waals surface area contributed by atoms with Gasteiger partial charge in [0.25, 0.3) is 0 Å². The lowest BCUT2D eigenvalue weighted by Crippen LogP contribution is -2.22. The summed E-state index contributed by atoms with van der Waals surface area (Å²) in [7, 11) is 0. The Morgan fingerprint density at radius 2 is 1.93 bits per heavy atom. The molecule has 1 unspecified atom stereocenters. The molecule has 0 bridgehead atoms. The Balaban J connectivity index is 2.72. The van der Waals surface area contributed by atoms with Crippen LogP contribution in [0.4, 0.5) is 11.4 Å². The second-order valence-electron chi connectivity index (χ2n) is 5.37. The van der Waals surface area contributed by atoms with Crippen molar-refractivity contribution in [1.82, 2.24) is 0 Å². The Morgan fingerprint density at radius 1 is 1.33 bits per heavy atom. The Bertz CT molecular complexity index is 419. The number of rotatable bonds is 0. The molecular weight excluding hydrogens is 184 g/mol. The lowest BCUT2D eigenvalue weighted by Gasteiger charge is -2.27. The van der Waals surface area contributed by atoms with E-state index >= 15 is 0 Å². The van der Waals surface area contributed by atoms with Crippen LogP contribution in [0.1, 0.15) is 37.5 Å². The molecule has 0 aromatic heterocycles. The van der Waals surface area contributed by atoms with Crippen LogP contribution >= 0.6 is 0 Å². The molecule has 0 saturated heterocycles. The highest BCUT2D eigenvalue weighted by Crippen LogP contribution is 2.47. The lowest BCUT2D eigenvalue weighted by atomic mass is 9.78. The van der Waals surface area contributed by atoms with Crippen LogP contribution in [0.5, 0.6) is 0 Å². The fourth-order valence-corrected chi connectivity index (χ4v) is 2.64. The molecule has 0 spiro atoms. The van der Waals surface area contributed by atoms with Gasteiger partial charge in [-0.2, -0.15) is 0 Å². The zero-order valence-electron chi connectivity index (χ0n) is 10.0. The van der Waals surface area contributed by atoms with Crippen molar-refractivity contribution in [2.24, 2.45) is 5.92 Å². The average molecular weight is 204 g/mol. The van der Waals surface area contributed by atoms with E-state index in [9.17, 15) is 0 Å². The van der Waals surface area contributed by atoms with Crippen LogP contribution in [0.2, 0.25) is 0 Å². The molecule has 1 aromatic carbocycles. The summed E-state index contributed by atoms with van der Waals surface area (Å²) < 4.78 is 0. The Morgan fingerprint density at radius 3 is 2.53 bits per heavy atom. The van der Waals surface area contributed by atoms with Crippen molar-refractivity contribution in [2.75, 3.05) is 11.5 Å². The number of hydrogen-bond donors (Lipinski definition) is 2. The Labute approximate surface area is 91.7 Å². The molecule has 0 radical (unpaired) electrons. The largest absolute Gasteiger partial charge is 0.398 e. The number of nitrogen functional groups attached to an aromatic ring is 2. The molecule has 2 nitrogen and oxygen atoms in total. The predicted octanol–water partition coefficient (Wildman–Crippen LogP) is 2.63. The molecule has 0 heterocycles. The van der Waals surface area contributed by atoms with Crippen molar-refractivity contribution in [2.45, 2.75) is 39.5 Å². The van der Waals surface area contributed by atoms with Crippen LogP contribution in [0, 0.1) is 12.8 Å². The zero-order chi connectivity index (χ0) is 11.4. The second-order valence-corrected chi connectivity index (χ2v) is 5.37. The van der Waals surface area contributed by atoms with E-state index < -0.39 is 0 Å². The fourth-order valence-electron chi connectivity index (χ4n) is 2.64. The van der Waals surface area contributed by atoms with Gasteiger partial charge in [-0.25, -0.2) is 0 Å². The standard InChI is InChI=1S/C13H20N2/c1-7-5-9-6-10(14)8(2)12(15)11(9)13(7,3)4/h6-7H,5,14-15H2,1-4H3. The van der Waals surface area contributed by atoms with Crippen LogP contribution in [-0.4, -0.2) is 0 Å². The van der Waals surface area contributed by atoms with Gasteiger partial charge in [-0.3, -0.25) is 0 Å². The summed E-state index contributed by atoms with van der Waals surface area (Å²) in [6.45, 7) is 8.83. The third kappa shape index (κ3) is 1.24. The summed E-state index contributed by atoms with van der Waals surface area (Å²) in [6, 6.07) is 2.10. The second kappa shape index (κ2) is 2.91. The van der Waals surface area contributed by atoms with E-state index in [1.807, 2.05) is 6.92 Å². The van der Waals surface area contributed by atoms with Gasteiger partial charge in [-0.1, -0.05) is 20.8 Å².